The first-order valence-corrected chi connectivity index (χ1v) is 15.1. The maximum atomic E-state index is 13.6. The first-order chi connectivity index (χ1) is 19.3. The van der Waals surface area contributed by atoms with Crippen molar-refractivity contribution in [3.63, 3.8) is 0 Å². The molecule has 0 saturated carbocycles. The molecule has 0 amide bonds. The Morgan fingerprint density at radius 1 is 0.475 bits per heavy atom. The summed E-state index contributed by atoms with van der Waals surface area (Å²) in [6, 6.07) is 0. The summed E-state index contributed by atoms with van der Waals surface area (Å²) in [7, 11) is 0. The van der Waals surface area contributed by atoms with Gasteiger partial charge in [-0.25, -0.2) is 22.0 Å². The van der Waals surface area contributed by atoms with Crippen LogP contribution in [0.1, 0.15) is 141 Å². The number of ether oxygens (including phenoxy) is 2. The van der Waals surface area contributed by atoms with Crippen LogP contribution in [0, 0.1) is 29.1 Å². The molecule has 0 unspecified atom stereocenters. The molecule has 0 atom stereocenters. The molecule has 0 aliphatic rings. The van der Waals surface area contributed by atoms with Crippen LogP contribution < -0.4 is 0 Å². The summed E-state index contributed by atoms with van der Waals surface area (Å²) in [5.74, 6) is -11.3. The summed E-state index contributed by atoms with van der Waals surface area (Å²) in [5.41, 5.74) is -1.17. The van der Waals surface area contributed by atoms with Crippen LogP contribution in [0.3, 0.4) is 0 Å². The molecule has 0 N–H and O–H groups in total. The third kappa shape index (κ3) is 15.6. The van der Waals surface area contributed by atoms with E-state index in [0.29, 0.717) is 25.9 Å². The second kappa shape index (κ2) is 22.5. The van der Waals surface area contributed by atoms with Gasteiger partial charge in [0.1, 0.15) is 6.61 Å². The number of rotatable bonds is 24. The molecular weight excluding hydrogens is 531 g/mol. The lowest BCUT2D eigenvalue weighted by molar-refractivity contribution is -0.145. The van der Waals surface area contributed by atoms with Crippen molar-refractivity contribution < 1.29 is 41.0 Å². The summed E-state index contributed by atoms with van der Waals surface area (Å²) in [5, 5.41) is 0. The van der Waals surface area contributed by atoms with Crippen LogP contribution in [-0.4, -0.2) is 18.5 Å². The Balaban J connectivity index is 1.93. The van der Waals surface area contributed by atoms with E-state index in [0.717, 1.165) is 38.5 Å². The lowest BCUT2D eigenvalue weighted by Crippen LogP contribution is -2.11. The van der Waals surface area contributed by atoms with Crippen LogP contribution in [-0.2, 0) is 25.7 Å². The minimum Gasteiger partial charge on any atom is -0.466 e. The van der Waals surface area contributed by atoms with Gasteiger partial charge >= 0.3 is 11.9 Å². The Labute approximate surface area is 236 Å². The minimum atomic E-state index is -2.25. The maximum absolute atomic E-state index is 13.6. The molecule has 0 aliphatic heterocycles. The van der Waals surface area contributed by atoms with Crippen molar-refractivity contribution >= 4 is 11.9 Å². The highest BCUT2D eigenvalue weighted by atomic mass is 19.2. The van der Waals surface area contributed by atoms with Crippen molar-refractivity contribution in [3.8, 4) is 0 Å². The second-order valence-corrected chi connectivity index (χ2v) is 10.4. The Hall–Kier alpha value is -2.19. The number of halogens is 5. The molecule has 1 aromatic carbocycles. The molecule has 0 radical (unpaired) electrons. The topological polar surface area (TPSA) is 52.6 Å². The normalized spacial score (nSPS) is 11.2. The van der Waals surface area contributed by atoms with Gasteiger partial charge in [0.2, 0.25) is 5.82 Å². The Morgan fingerprint density at radius 2 is 0.825 bits per heavy atom. The molecule has 0 fully saturated rings. The van der Waals surface area contributed by atoms with Crippen LogP contribution in [0.15, 0.2) is 0 Å². The SMILES string of the molecule is CCCCCCCCCCCCCCOC(=O)CCCCCCCCC(=O)OCc1c(F)c(F)c(F)c(F)c1F. The van der Waals surface area contributed by atoms with Crippen LogP contribution in [0.4, 0.5) is 22.0 Å². The Morgan fingerprint density at radius 3 is 1.27 bits per heavy atom. The first kappa shape index (κ1) is 35.8. The van der Waals surface area contributed by atoms with E-state index in [2.05, 4.69) is 11.7 Å². The van der Waals surface area contributed by atoms with E-state index < -0.39 is 47.2 Å². The summed E-state index contributed by atoms with van der Waals surface area (Å²) in [4.78, 5) is 23.6. The van der Waals surface area contributed by atoms with E-state index >= 15 is 0 Å². The van der Waals surface area contributed by atoms with Crippen molar-refractivity contribution in [1.29, 1.82) is 0 Å². The molecule has 4 nitrogen and oxygen atoms in total. The molecule has 0 aliphatic carbocycles. The zero-order valence-corrected chi connectivity index (χ0v) is 24.1. The zero-order valence-electron chi connectivity index (χ0n) is 24.1. The fraction of sp³-hybridized carbons (Fsp3) is 0.742. The fourth-order valence-electron chi connectivity index (χ4n) is 4.45. The van der Waals surface area contributed by atoms with Gasteiger partial charge in [-0.05, 0) is 19.3 Å². The average molecular weight is 579 g/mol. The number of hydrogen-bond donors (Lipinski definition) is 0. The molecular formula is C31H47F5O4. The third-order valence-electron chi connectivity index (χ3n) is 6.95. The number of unbranched alkanes of at least 4 members (excludes halogenated alkanes) is 16. The van der Waals surface area contributed by atoms with Gasteiger partial charge in [0.15, 0.2) is 23.3 Å². The third-order valence-corrected chi connectivity index (χ3v) is 6.95. The molecule has 0 heterocycles. The second-order valence-electron chi connectivity index (χ2n) is 10.4. The monoisotopic (exact) mass is 578 g/mol. The highest BCUT2D eigenvalue weighted by Crippen LogP contribution is 2.24. The summed E-state index contributed by atoms with van der Waals surface area (Å²) >= 11 is 0. The lowest BCUT2D eigenvalue weighted by Gasteiger charge is -2.09. The highest BCUT2D eigenvalue weighted by molar-refractivity contribution is 5.69. The van der Waals surface area contributed by atoms with Crippen molar-refractivity contribution in [2.75, 3.05) is 6.61 Å². The van der Waals surface area contributed by atoms with Crippen molar-refractivity contribution in [1.82, 2.24) is 0 Å². The maximum Gasteiger partial charge on any atom is 0.306 e. The largest absolute Gasteiger partial charge is 0.466 e. The van der Waals surface area contributed by atoms with Crippen LogP contribution in [0.5, 0.6) is 0 Å². The van der Waals surface area contributed by atoms with E-state index in [1.165, 1.54) is 64.2 Å². The smallest absolute Gasteiger partial charge is 0.306 e. The minimum absolute atomic E-state index is 0.0269. The number of benzene rings is 1. The van der Waals surface area contributed by atoms with Gasteiger partial charge in [-0.1, -0.05) is 103 Å². The zero-order chi connectivity index (χ0) is 29.6. The fourth-order valence-corrected chi connectivity index (χ4v) is 4.45. The van der Waals surface area contributed by atoms with E-state index in [9.17, 15) is 31.5 Å². The molecule has 9 heteroatoms. The van der Waals surface area contributed by atoms with E-state index in [1.807, 2.05) is 0 Å². The van der Waals surface area contributed by atoms with Gasteiger partial charge in [-0.2, -0.15) is 0 Å². The van der Waals surface area contributed by atoms with Gasteiger partial charge in [0, 0.05) is 12.8 Å². The molecule has 1 rings (SSSR count). The molecule has 0 saturated heterocycles. The van der Waals surface area contributed by atoms with Gasteiger partial charge < -0.3 is 9.47 Å². The molecule has 230 valence electrons. The average Bonchev–Trinajstić information content (AvgIpc) is 2.94. The Bertz CT molecular complexity index is 834. The van der Waals surface area contributed by atoms with Crippen molar-refractivity contribution in [2.45, 2.75) is 142 Å². The number of carbonyl (C=O) groups excluding carboxylic acids is 2. The summed E-state index contributed by atoms with van der Waals surface area (Å²) in [6.07, 6.45) is 20.0. The van der Waals surface area contributed by atoms with Gasteiger partial charge in [-0.15, -0.1) is 0 Å². The highest BCUT2D eigenvalue weighted by Gasteiger charge is 2.26. The molecule has 1 aromatic rings. The molecule has 0 bridgehead atoms. The van der Waals surface area contributed by atoms with Crippen LogP contribution >= 0.6 is 0 Å². The van der Waals surface area contributed by atoms with Crippen molar-refractivity contribution in [2.24, 2.45) is 0 Å². The summed E-state index contributed by atoms with van der Waals surface area (Å²) < 4.78 is 76.6. The van der Waals surface area contributed by atoms with E-state index in [-0.39, 0.29) is 12.4 Å². The standard InChI is InChI=1S/C31H47F5O4/c1-2-3-4-5-6-7-8-9-10-13-16-19-22-39-25(37)20-17-14-11-12-15-18-21-26(38)40-23-24-27(32)29(34)31(36)30(35)28(24)33/h2-23H2,1H3. The summed E-state index contributed by atoms with van der Waals surface area (Å²) in [6.45, 7) is 1.69. The molecule has 40 heavy (non-hydrogen) atoms. The van der Waals surface area contributed by atoms with Gasteiger partial charge in [-0.3, -0.25) is 9.59 Å². The predicted octanol–water partition coefficient (Wildman–Crippen LogP) is 9.79. The number of esters is 2. The van der Waals surface area contributed by atoms with Gasteiger partial charge in [0.25, 0.3) is 0 Å². The molecule has 0 spiro atoms. The molecule has 0 aromatic heterocycles. The number of carbonyl (C=O) groups is 2. The quantitative estimate of drug-likeness (QED) is 0.0403. The lowest BCUT2D eigenvalue weighted by atomic mass is 10.1. The van der Waals surface area contributed by atoms with E-state index in [4.69, 9.17) is 4.74 Å². The van der Waals surface area contributed by atoms with E-state index in [1.54, 1.807) is 0 Å². The predicted molar refractivity (Wildman–Crippen MR) is 145 cm³/mol. The number of hydrogen-bond acceptors (Lipinski definition) is 4. The van der Waals surface area contributed by atoms with Crippen molar-refractivity contribution in [3.05, 3.63) is 34.6 Å². The van der Waals surface area contributed by atoms with Crippen LogP contribution in [0.2, 0.25) is 0 Å². The Kier molecular flexibility index (Phi) is 20.2. The van der Waals surface area contributed by atoms with Crippen LogP contribution in [0.25, 0.3) is 0 Å². The first-order valence-electron chi connectivity index (χ1n) is 15.1. The van der Waals surface area contributed by atoms with Gasteiger partial charge in [0.05, 0.1) is 12.2 Å².